The van der Waals surface area contributed by atoms with Gasteiger partial charge in [-0.15, -0.1) is 11.3 Å². The van der Waals surface area contributed by atoms with Gasteiger partial charge in [-0.25, -0.2) is 9.78 Å². The first kappa shape index (κ1) is 15.5. The van der Waals surface area contributed by atoms with Crippen molar-refractivity contribution in [1.29, 1.82) is 0 Å². The number of aliphatic carboxylic acids is 1. The molecule has 2 aromatic rings. The summed E-state index contributed by atoms with van der Waals surface area (Å²) in [5, 5.41) is 12.4. The minimum Gasteiger partial charge on any atom is -0.479 e. The number of halogens is 1. The Balaban J connectivity index is 1.91. The van der Waals surface area contributed by atoms with Crippen molar-refractivity contribution >= 4 is 38.4 Å². The van der Waals surface area contributed by atoms with E-state index in [0.717, 1.165) is 27.3 Å². The summed E-state index contributed by atoms with van der Waals surface area (Å²) >= 11 is 4.94. The topological polar surface area (TPSA) is 53.4 Å². The second-order valence-corrected chi connectivity index (χ2v) is 7.21. The van der Waals surface area contributed by atoms with Gasteiger partial charge < -0.3 is 10.0 Å². The summed E-state index contributed by atoms with van der Waals surface area (Å²) in [4.78, 5) is 18.3. The van der Waals surface area contributed by atoms with Crippen LogP contribution in [-0.2, 0) is 4.79 Å². The third-order valence-electron chi connectivity index (χ3n) is 4.27. The Labute approximate surface area is 141 Å². The lowest BCUT2D eigenvalue weighted by molar-refractivity contribution is -0.146. The summed E-state index contributed by atoms with van der Waals surface area (Å²) in [6.45, 7) is 2.64. The smallest absolute Gasteiger partial charge is 0.329 e. The summed E-state index contributed by atoms with van der Waals surface area (Å²) in [6.07, 6.45) is 2.36. The molecular formula is C16H17BrN2O2S. The summed E-state index contributed by atoms with van der Waals surface area (Å²) in [6, 6.07) is 7.98. The van der Waals surface area contributed by atoms with Crippen LogP contribution >= 0.6 is 27.3 Å². The number of carboxylic acids is 1. The number of hydrogen-bond acceptors (Lipinski definition) is 4. The van der Waals surface area contributed by atoms with Gasteiger partial charge in [0.2, 0.25) is 0 Å². The van der Waals surface area contributed by atoms with Crippen molar-refractivity contribution in [3.8, 4) is 11.3 Å². The highest BCUT2D eigenvalue weighted by molar-refractivity contribution is 9.10. The minimum absolute atomic E-state index is 0.652. The van der Waals surface area contributed by atoms with Crippen LogP contribution in [-0.4, -0.2) is 28.1 Å². The van der Waals surface area contributed by atoms with Crippen LogP contribution in [0, 0.1) is 0 Å². The van der Waals surface area contributed by atoms with Crippen molar-refractivity contribution in [2.75, 3.05) is 11.4 Å². The molecule has 0 spiro atoms. The van der Waals surface area contributed by atoms with Gasteiger partial charge in [0.15, 0.2) is 5.13 Å². The van der Waals surface area contributed by atoms with E-state index < -0.39 is 11.5 Å². The van der Waals surface area contributed by atoms with Gasteiger partial charge in [-0.3, -0.25) is 0 Å². The molecule has 1 aromatic heterocycles. The van der Waals surface area contributed by atoms with Gasteiger partial charge in [0.1, 0.15) is 5.54 Å². The normalized spacial score (nSPS) is 16.1. The molecule has 0 amide bonds. The van der Waals surface area contributed by atoms with Crippen LogP contribution in [0.5, 0.6) is 0 Å². The minimum atomic E-state index is -0.760. The lowest BCUT2D eigenvalue weighted by Gasteiger charge is -2.46. The van der Waals surface area contributed by atoms with E-state index in [1.807, 2.05) is 41.5 Å². The van der Waals surface area contributed by atoms with Crippen LogP contribution in [0.25, 0.3) is 11.3 Å². The van der Waals surface area contributed by atoms with E-state index in [9.17, 15) is 9.90 Å². The quantitative estimate of drug-likeness (QED) is 0.834. The monoisotopic (exact) mass is 380 g/mol. The fourth-order valence-corrected chi connectivity index (χ4v) is 4.13. The lowest BCUT2D eigenvalue weighted by Crippen LogP contribution is -2.59. The molecule has 3 rings (SSSR count). The molecule has 0 unspecified atom stereocenters. The maximum atomic E-state index is 11.7. The molecule has 0 saturated heterocycles. The molecule has 1 heterocycles. The van der Waals surface area contributed by atoms with Gasteiger partial charge in [0.25, 0.3) is 0 Å². The van der Waals surface area contributed by atoms with Crippen LogP contribution < -0.4 is 4.90 Å². The Morgan fingerprint density at radius 2 is 2.09 bits per heavy atom. The van der Waals surface area contributed by atoms with Gasteiger partial charge in [-0.05, 0) is 38.3 Å². The number of nitrogens with zero attached hydrogens (tertiary/aromatic N) is 2. The predicted molar refractivity (Wildman–Crippen MR) is 92.5 cm³/mol. The molecule has 0 bridgehead atoms. The van der Waals surface area contributed by atoms with Crippen LogP contribution in [0.1, 0.15) is 26.2 Å². The zero-order valence-electron chi connectivity index (χ0n) is 12.3. The van der Waals surface area contributed by atoms with E-state index in [-0.39, 0.29) is 0 Å². The summed E-state index contributed by atoms with van der Waals surface area (Å²) in [5.41, 5.74) is 1.18. The Kier molecular flexibility index (Phi) is 4.23. The zero-order chi connectivity index (χ0) is 15.7. The summed E-state index contributed by atoms with van der Waals surface area (Å²) in [7, 11) is 0. The SMILES string of the molecule is CCN(c1nc(-c2ccc(Br)cc2)cs1)C1(C(=O)O)CCC1. The Morgan fingerprint density at radius 3 is 2.59 bits per heavy atom. The van der Waals surface area contributed by atoms with Crippen molar-refractivity contribution in [1.82, 2.24) is 4.98 Å². The van der Waals surface area contributed by atoms with E-state index in [0.29, 0.717) is 19.4 Å². The third-order valence-corrected chi connectivity index (χ3v) is 5.67. The second-order valence-electron chi connectivity index (χ2n) is 5.46. The highest BCUT2D eigenvalue weighted by Crippen LogP contribution is 2.42. The number of carboxylic acid groups (broad SMARTS) is 1. The number of carbonyl (C=O) groups is 1. The molecule has 1 aromatic carbocycles. The molecule has 22 heavy (non-hydrogen) atoms. The molecule has 0 atom stereocenters. The molecule has 1 saturated carbocycles. The lowest BCUT2D eigenvalue weighted by atomic mass is 9.75. The van der Waals surface area contributed by atoms with Gasteiger partial charge in [-0.2, -0.15) is 0 Å². The Morgan fingerprint density at radius 1 is 1.41 bits per heavy atom. The number of rotatable bonds is 5. The highest BCUT2D eigenvalue weighted by atomic mass is 79.9. The van der Waals surface area contributed by atoms with E-state index in [1.54, 1.807) is 0 Å². The standard InChI is InChI=1S/C16H17BrN2O2S/c1-2-19(16(14(20)21)8-3-9-16)15-18-13(10-22-15)11-4-6-12(17)7-5-11/h4-7,10H,2-3,8-9H2,1H3,(H,20,21). The average Bonchev–Trinajstić information content (AvgIpc) is 2.92. The van der Waals surface area contributed by atoms with Crippen LogP contribution in [0.2, 0.25) is 0 Å². The van der Waals surface area contributed by atoms with Gasteiger partial charge in [0.05, 0.1) is 5.69 Å². The van der Waals surface area contributed by atoms with E-state index >= 15 is 0 Å². The number of aromatic nitrogens is 1. The van der Waals surface area contributed by atoms with Gasteiger partial charge in [0, 0.05) is 22.0 Å². The molecule has 0 aliphatic heterocycles. The number of benzene rings is 1. The number of anilines is 1. The Hall–Kier alpha value is -1.40. The molecule has 1 fully saturated rings. The molecule has 0 radical (unpaired) electrons. The first-order chi connectivity index (χ1) is 10.6. The maximum absolute atomic E-state index is 11.7. The molecule has 1 N–H and O–H groups in total. The van der Waals surface area contributed by atoms with Crippen LogP contribution in [0.4, 0.5) is 5.13 Å². The van der Waals surface area contributed by atoms with Crippen LogP contribution in [0.3, 0.4) is 0 Å². The van der Waals surface area contributed by atoms with Crippen molar-refractivity contribution in [2.24, 2.45) is 0 Å². The third kappa shape index (κ3) is 2.54. The second kappa shape index (κ2) is 6.01. The molecule has 1 aliphatic rings. The summed E-state index contributed by atoms with van der Waals surface area (Å²) < 4.78 is 1.03. The van der Waals surface area contributed by atoms with Crippen LogP contribution in [0.15, 0.2) is 34.1 Å². The van der Waals surface area contributed by atoms with Crippen molar-refractivity contribution in [3.05, 3.63) is 34.1 Å². The van der Waals surface area contributed by atoms with Crippen molar-refractivity contribution < 1.29 is 9.90 Å². The van der Waals surface area contributed by atoms with Crippen molar-refractivity contribution in [2.45, 2.75) is 31.7 Å². The highest BCUT2D eigenvalue weighted by Gasteiger charge is 2.49. The summed E-state index contributed by atoms with van der Waals surface area (Å²) in [5.74, 6) is -0.735. The molecule has 4 nitrogen and oxygen atoms in total. The van der Waals surface area contributed by atoms with Gasteiger partial charge >= 0.3 is 5.97 Å². The largest absolute Gasteiger partial charge is 0.479 e. The maximum Gasteiger partial charge on any atom is 0.329 e. The number of thiazole rings is 1. The molecule has 116 valence electrons. The van der Waals surface area contributed by atoms with E-state index in [1.165, 1.54) is 11.3 Å². The zero-order valence-corrected chi connectivity index (χ0v) is 14.7. The van der Waals surface area contributed by atoms with E-state index in [2.05, 4.69) is 20.9 Å². The predicted octanol–water partition coefficient (Wildman–Crippen LogP) is 4.41. The molecule has 6 heteroatoms. The molecular weight excluding hydrogens is 364 g/mol. The first-order valence-electron chi connectivity index (χ1n) is 7.29. The number of hydrogen-bond donors (Lipinski definition) is 1. The number of likely N-dealkylation sites (N-methyl/N-ethyl adjacent to an activating group) is 1. The average molecular weight is 381 g/mol. The fourth-order valence-electron chi connectivity index (χ4n) is 2.87. The molecule has 1 aliphatic carbocycles. The van der Waals surface area contributed by atoms with Crippen molar-refractivity contribution in [3.63, 3.8) is 0 Å². The van der Waals surface area contributed by atoms with Gasteiger partial charge in [-0.1, -0.05) is 28.1 Å². The Bertz CT molecular complexity index is 680. The van der Waals surface area contributed by atoms with E-state index in [4.69, 9.17) is 0 Å². The first-order valence-corrected chi connectivity index (χ1v) is 8.96. The fraction of sp³-hybridized carbons (Fsp3) is 0.375.